The van der Waals surface area contributed by atoms with Gasteiger partial charge in [-0.2, -0.15) is 0 Å². The molecular weight excluding hydrogens is 398 g/mol. The molecule has 7 nitrogen and oxygen atoms in total. The SMILES string of the molecule is CCCCC/C=C/COc1ccc(C(=O)Nc2cccc3c2OC(C(=O)O)CO3)cc1. The molecule has 1 aliphatic rings. The Morgan fingerprint density at radius 3 is 2.71 bits per heavy atom. The van der Waals surface area contributed by atoms with Gasteiger partial charge in [-0.1, -0.05) is 38.0 Å². The molecule has 0 radical (unpaired) electrons. The molecule has 2 N–H and O–H groups in total. The van der Waals surface area contributed by atoms with E-state index in [4.69, 9.17) is 19.3 Å². The number of hydrogen-bond acceptors (Lipinski definition) is 5. The Kier molecular flexibility index (Phi) is 7.92. The van der Waals surface area contributed by atoms with Crippen LogP contribution in [0.4, 0.5) is 5.69 Å². The Morgan fingerprint density at radius 2 is 1.97 bits per heavy atom. The molecule has 2 aromatic rings. The molecule has 0 aromatic heterocycles. The maximum Gasteiger partial charge on any atom is 0.348 e. The number of nitrogens with one attached hydrogen (secondary N) is 1. The highest BCUT2D eigenvalue weighted by Gasteiger charge is 2.29. The molecule has 2 aromatic carbocycles. The molecule has 1 unspecified atom stereocenters. The highest BCUT2D eigenvalue weighted by molar-refractivity contribution is 6.05. The van der Waals surface area contributed by atoms with Crippen molar-refractivity contribution in [2.24, 2.45) is 0 Å². The number of carboxylic acids is 1. The van der Waals surface area contributed by atoms with Gasteiger partial charge in [-0.3, -0.25) is 4.79 Å². The molecule has 0 fully saturated rings. The predicted octanol–water partition coefficient (Wildman–Crippen LogP) is 4.68. The molecule has 0 spiro atoms. The second-order valence-electron chi connectivity index (χ2n) is 7.15. The monoisotopic (exact) mass is 425 g/mol. The topological polar surface area (TPSA) is 94.1 Å². The van der Waals surface area contributed by atoms with Gasteiger partial charge in [-0.15, -0.1) is 0 Å². The molecular formula is C24H27NO6. The largest absolute Gasteiger partial charge is 0.490 e. The molecule has 1 atom stereocenters. The van der Waals surface area contributed by atoms with Gasteiger partial charge >= 0.3 is 5.97 Å². The summed E-state index contributed by atoms with van der Waals surface area (Å²) in [4.78, 5) is 23.8. The lowest BCUT2D eigenvalue weighted by molar-refractivity contribution is -0.147. The van der Waals surface area contributed by atoms with Crippen LogP contribution in [0.2, 0.25) is 0 Å². The molecule has 3 rings (SSSR count). The normalized spacial score (nSPS) is 14.9. The van der Waals surface area contributed by atoms with Crippen LogP contribution in [0.5, 0.6) is 17.2 Å². The van der Waals surface area contributed by atoms with Crippen molar-refractivity contribution in [2.45, 2.75) is 38.7 Å². The van der Waals surface area contributed by atoms with Gasteiger partial charge in [0.05, 0.1) is 5.69 Å². The van der Waals surface area contributed by atoms with E-state index in [9.17, 15) is 9.59 Å². The van der Waals surface area contributed by atoms with Crippen LogP contribution < -0.4 is 19.5 Å². The summed E-state index contributed by atoms with van der Waals surface area (Å²) < 4.78 is 16.6. The minimum atomic E-state index is -1.13. The number of carbonyl (C=O) groups excluding carboxylic acids is 1. The van der Waals surface area contributed by atoms with E-state index >= 15 is 0 Å². The maximum absolute atomic E-state index is 12.6. The summed E-state index contributed by atoms with van der Waals surface area (Å²) in [5.41, 5.74) is 0.786. The van der Waals surface area contributed by atoms with Crippen LogP contribution in [0.25, 0.3) is 0 Å². The quantitative estimate of drug-likeness (QED) is 0.424. The van der Waals surface area contributed by atoms with Crippen LogP contribution in [0.1, 0.15) is 43.0 Å². The van der Waals surface area contributed by atoms with E-state index in [2.05, 4.69) is 18.3 Å². The molecule has 1 aliphatic heterocycles. The highest BCUT2D eigenvalue weighted by Crippen LogP contribution is 2.39. The molecule has 1 heterocycles. The summed E-state index contributed by atoms with van der Waals surface area (Å²) in [6.45, 7) is 2.58. The molecule has 7 heteroatoms. The number of carbonyl (C=O) groups is 2. The summed E-state index contributed by atoms with van der Waals surface area (Å²) in [5, 5.41) is 11.9. The van der Waals surface area contributed by atoms with Crippen LogP contribution in [0.3, 0.4) is 0 Å². The van der Waals surface area contributed by atoms with Crippen LogP contribution >= 0.6 is 0 Å². The molecule has 0 saturated heterocycles. The average molecular weight is 425 g/mol. The van der Waals surface area contributed by atoms with E-state index in [0.29, 0.717) is 29.4 Å². The van der Waals surface area contributed by atoms with E-state index < -0.39 is 12.1 Å². The van der Waals surface area contributed by atoms with Crippen LogP contribution in [0, 0.1) is 0 Å². The van der Waals surface area contributed by atoms with Crippen molar-refractivity contribution < 1.29 is 28.9 Å². The summed E-state index contributed by atoms with van der Waals surface area (Å²) in [6.07, 6.45) is 7.69. The van der Waals surface area contributed by atoms with E-state index in [1.807, 2.05) is 6.08 Å². The number of hydrogen-bond donors (Lipinski definition) is 2. The third-order valence-corrected chi connectivity index (χ3v) is 4.76. The third-order valence-electron chi connectivity index (χ3n) is 4.76. The lowest BCUT2D eigenvalue weighted by atomic mass is 10.2. The van der Waals surface area contributed by atoms with E-state index in [-0.39, 0.29) is 18.3 Å². The van der Waals surface area contributed by atoms with Gasteiger partial charge in [0.15, 0.2) is 11.5 Å². The lowest BCUT2D eigenvalue weighted by Gasteiger charge is -2.25. The Balaban J connectivity index is 1.56. The summed E-state index contributed by atoms with van der Waals surface area (Å²) in [6, 6.07) is 11.8. The van der Waals surface area contributed by atoms with Gasteiger partial charge < -0.3 is 24.6 Å². The van der Waals surface area contributed by atoms with Crippen molar-refractivity contribution >= 4 is 17.6 Å². The predicted molar refractivity (Wildman–Crippen MR) is 117 cm³/mol. The number of benzene rings is 2. The standard InChI is InChI=1S/C24H27NO6/c1-2-3-4-5-6-7-15-29-18-13-11-17(12-14-18)23(26)25-19-9-8-10-20-22(19)31-21(16-30-20)24(27)28/h6-14,21H,2-5,15-16H2,1H3,(H,25,26)(H,27,28)/b7-6+. The molecule has 164 valence electrons. The molecule has 0 aliphatic carbocycles. The minimum Gasteiger partial charge on any atom is -0.490 e. The van der Waals surface area contributed by atoms with Gasteiger partial charge in [-0.05, 0) is 49.2 Å². The van der Waals surface area contributed by atoms with Gasteiger partial charge in [-0.25, -0.2) is 4.79 Å². The Bertz CT molecular complexity index is 922. The third kappa shape index (κ3) is 6.25. The van der Waals surface area contributed by atoms with Crippen molar-refractivity contribution in [3.05, 3.63) is 60.2 Å². The fraction of sp³-hybridized carbons (Fsp3) is 0.333. The van der Waals surface area contributed by atoms with Crippen LogP contribution in [0.15, 0.2) is 54.6 Å². The Labute approximate surface area is 181 Å². The number of unbranched alkanes of at least 4 members (excludes halogenated alkanes) is 3. The van der Waals surface area contributed by atoms with Gasteiger partial charge in [0.1, 0.15) is 19.0 Å². The van der Waals surface area contributed by atoms with Crippen molar-refractivity contribution in [3.8, 4) is 17.2 Å². The van der Waals surface area contributed by atoms with E-state index in [0.717, 1.165) is 6.42 Å². The number of para-hydroxylation sites is 1. The van der Waals surface area contributed by atoms with Gasteiger partial charge in [0, 0.05) is 5.56 Å². The second-order valence-corrected chi connectivity index (χ2v) is 7.15. The van der Waals surface area contributed by atoms with Crippen molar-refractivity contribution in [1.82, 2.24) is 0 Å². The first kappa shape index (κ1) is 22.2. The first-order chi connectivity index (χ1) is 15.1. The smallest absolute Gasteiger partial charge is 0.348 e. The van der Waals surface area contributed by atoms with Crippen molar-refractivity contribution in [2.75, 3.05) is 18.5 Å². The summed E-state index contributed by atoms with van der Waals surface area (Å²) >= 11 is 0. The minimum absolute atomic E-state index is 0.0882. The fourth-order valence-corrected chi connectivity index (χ4v) is 3.05. The van der Waals surface area contributed by atoms with Crippen molar-refractivity contribution in [1.29, 1.82) is 0 Å². The Morgan fingerprint density at radius 1 is 1.16 bits per heavy atom. The zero-order valence-electron chi connectivity index (χ0n) is 17.5. The van der Waals surface area contributed by atoms with Crippen LogP contribution in [-0.4, -0.2) is 36.3 Å². The van der Waals surface area contributed by atoms with Crippen molar-refractivity contribution in [3.63, 3.8) is 0 Å². The molecule has 0 bridgehead atoms. The number of rotatable bonds is 10. The van der Waals surface area contributed by atoms with E-state index in [1.54, 1.807) is 42.5 Å². The average Bonchev–Trinajstić information content (AvgIpc) is 2.78. The maximum atomic E-state index is 12.6. The number of fused-ring (bicyclic) bond motifs is 1. The molecule has 0 saturated carbocycles. The first-order valence-corrected chi connectivity index (χ1v) is 10.4. The molecule has 1 amide bonds. The highest BCUT2D eigenvalue weighted by atomic mass is 16.6. The molecule has 31 heavy (non-hydrogen) atoms. The zero-order chi connectivity index (χ0) is 22.1. The number of aliphatic carboxylic acids is 1. The van der Waals surface area contributed by atoms with E-state index in [1.165, 1.54) is 19.3 Å². The number of carboxylic acid groups (broad SMARTS) is 1. The number of ether oxygens (including phenoxy) is 3. The fourth-order valence-electron chi connectivity index (χ4n) is 3.05. The second kappa shape index (κ2) is 11.1. The zero-order valence-corrected chi connectivity index (χ0v) is 17.5. The number of amides is 1. The summed E-state index contributed by atoms with van der Waals surface area (Å²) in [5.74, 6) is -0.204. The van der Waals surface area contributed by atoms with Gasteiger partial charge in [0.2, 0.25) is 6.10 Å². The first-order valence-electron chi connectivity index (χ1n) is 10.4. The van der Waals surface area contributed by atoms with Crippen LogP contribution in [-0.2, 0) is 4.79 Å². The number of allylic oxidation sites excluding steroid dienone is 1. The Hall–Kier alpha value is -3.48. The lowest BCUT2D eigenvalue weighted by Crippen LogP contribution is -2.36. The van der Waals surface area contributed by atoms with Gasteiger partial charge in [0.25, 0.3) is 5.91 Å². The number of anilines is 1. The summed E-state index contributed by atoms with van der Waals surface area (Å²) in [7, 11) is 0.